The van der Waals surface area contributed by atoms with Crippen LogP contribution in [0, 0.1) is 6.92 Å². The second-order valence-electron chi connectivity index (χ2n) is 7.77. The fraction of sp³-hybridized carbons (Fsp3) is 0.115. The summed E-state index contributed by atoms with van der Waals surface area (Å²) in [4.78, 5) is 39.6. The number of ketones is 2. The van der Waals surface area contributed by atoms with Gasteiger partial charge in [0, 0.05) is 39.2 Å². The number of halogens is 1. The molecule has 0 saturated carbocycles. The number of nitrogens with one attached hydrogen (secondary N) is 1. The molecular weight excluding hydrogens is 424 g/mol. The number of hydrogen-bond donors (Lipinski definition) is 1. The highest BCUT2D eigenvalue weighted by molar-refractivity contribution is 6.32. The summed E-state index contributed by atoms with van der Waals surface area (Å²) in [5.41, 5.74) is 3.79. The third-order valence-electron chi connectivity index (χ3n) is 6.01. The maximum atomic E-state index is 13.4. The zero-order chi connectivity index (χ0) is 22.6. The highest BCUT2D eigenvalue weighted by atomic mass is 35.5. The molecule has 1 aliphatic rings. The fourth-order valence-corrected chi connectivity index (χ4v) is 4.72. The van der Waals surface area contributed by atoms with E-state index < -0.39 is 0 Å². The molecule has 158 valence electrons. The summed E-state index contributed by atoms with van der Waals surface area (Å²) < 4.78 is 1.92. The second-order valence-corrected chi connectivity index (χ2v) is 8.20. The van der Waals surface area contributed by atoms with Crippen molar-refractivity contribution in [3.63, 3.8) is 0 Å². The van der Waals surface area contributed by atoms with E-state index in [0.29, 0.717) is 39.6 Å². The van der Waals surface area contributed by atoms with Gasteiger partial charge in [0.25, 0.3) is 5.91 Å². The number of aryl methyl sites for hydroxylation is 2. The summed E-state index contributed by atoms with van der Waals surface area (Å²) in [6.07, 6.45) is 0. The Balaban J connectivity index is 1.61. The molecule has 1 amide bonds. The normalized spacial score (nSPS) is 12.6. The van der Waals surface area contributed by atoms with Gasteiger partial charge in [0.15, 0.2) is 11.6 Å². The van der Waals surface area contributed by atoms with E-state index in [-0.39, 0.29) is 23.0 Å². The lowest BCUT2D eigenvalue weighted by Gasteiger charge is -2.20. The van der Waals surface area contributed by atoms with Crippen LogP contribution in [0.2, 0.25) is 5.02 Å². The molecule has 5 nitrogen and oxygen atoms in total. The van der Waals surface area contributed by atoms with Crippen molar-refractivity contribution in [1.82, 2.24) is 4.57 Å². The molecule has 0 fully saturated rings. The van der Waals surface area contributed by atoms with Gasteiger partial charge in [-0.3, -0.25) is 14.4 Å². The minimum atomic E-state index is -0.343. The van der Waals surface area contributed by atoms with E-state index in [1.807, 2.05) is 30.5 Å². The Morgan fingerprint density at radius 1 is 0.938 bits per heavy atom. The van der Waals surface area contributed by atoms with Crippen LogP contribution >= 0.6 is 11.6 Å². The van der Waals surface area contributed by atoms with Crippen molar-refractivity contribution >= 4 is 45.7 Å². The van der Waals surface area contributed by atoms with Gasteiger partial charge in [0.1, 0.15) is 5.69 Å². The van der Waals surface area contributed by atoms with Gasteiger partial charge in [-0.25, -0.2) is 0 Å². The minimum Gasteiger partial charge on any atom is -0.337 e. The van der Waals surface area contributed by atoms with E-state index in [1.54, 1.807) is 48.5 Å². The predicted molar refractivity (Wildman–Crippen MR) is 125 cm³/mol. The molecule has 5 rings (SSSR count). The number of anilines is 1. The molecule has 0 unspecified atom stereocenters. The van der Waals surface area contributed by atoms with E-state index in [9.17, 15) is 14.4 Å². The Labute approximate surface area is 189 Å². The van der Waals surface area contributed by atoms with E-state index in [1.165, 1.54) is 0 Å². The molecule has 1 N–H and O–H groups in total. The quantitative estimate of drug-likeness (QED) is 0.392. The largest absolute Gasteiger partial charge is 0.337 e. The number of nitrogens with zero attached hydrogens (tertiary/aromatic N) is 1. The molecule has 1 aromatic heterocycles. The van der Waals surface area contributed by atoms with Gasteiger partial charge in [-0.15, -0.1) is 0 Å². The molecule has 4 aromatic rings. The van der Waals surface area contributed by atoms with Crippen LogP contribution in [0.1, 0.15) is 54.8 Å². The molecule has 32 heavy (non-hydrogen) atoms. The van der Waals surface area contributed by atoms with Crippen molar-refractivity contribution in [1.29, 1.82) is 0 Å². The molecule has 1 heterocycles. The number of benzene rings is 3. The second kappa shape index (κ2) is 7.46. The van der Waals surface area contributed by atoms with Gasteiger partial charge in [-0.2, -0.15) is 0 Å². The average Bonchev–Trinajstić information content (AvgIpc) is 3.08. The Bertz CT molecular complexity index is 1470. The minimum absolute atomic E-state index is 0.222. The summed E-state index contributed by atoms with van der Waals surface area (Å²) in [5.74, 6) is -0.838. The summed E-state index contributed by atoms with van der Waals surface area (Å²) in [7, 11) is 0. The predicted octanol–water partition coefficient (Wildman–Crippen LogP) is 5.65. The van der Waals surface area contributed by atoms with Crippen LogP contribution in [0.4, 0.5) is 5.69 Å². The van der Waals surface area contributed by atoms with Crippen LogP contribution in [-0.4, -0.2) is 22.0 Å². The standard InChI is InChI=1S/C26H19ClN2O3/c1-3-29-21-12-11-15(27)13-19(21)14(2)23(29)26(32)28-20-10-6-9-18-22(20)25(31)17-8-5-4-7-16(17)24(18)30/h4-13H,3H2,1-2H3,(H,28,32). The first-order valence-electron chi connectivity index (χ1n) is 10.3. The van der Waals surface area contributed by atoms with Gasteiger partial charge < -0.3 is 9.88 Å². The van der Waals surface area contributed by atoms with Crippen molar-refractivity contribution in [2.45, 2.75) is 20.4 Å². The Kier molecular flexibility index (Phi) is 4.72. The topological polar surface area (TPSA) is 68.2 Å². The van der Waals surface area contributed by atoms with Crippen molar-refractivity contribution in [2.24, 2.45) is 0 Å². The van der Waals surface area contributed by atoms with Crippen molar-refractivity contribution in [3.8, 4) is 0 Å². The smallest absolute Gasteiger partial charge is 0.272 e. The average molecular weight is 443 g/mol. The Hall–Kier alpha value is -3.70. The number of aromatic nitrogens is 1. The molecule has 6 heteroatoms. The molecule has 0 aliphatic heterocycles. The lowest BCUT2D eigenvalue weighted by Crippen LogP contribution is -2.25. The highest BCUT2D eigenvalue weighted by Crippen LogP contribution is 2.33. The van der Waals surface area contributed by atoms with Crippen LogP contribution < -0.4 is 5.32 Å². The SMILES string of the molecule is CCn1c(C(=O)Nc2cccc3c2C(=O)c2ccccc2C3=O)c(C)c2cc(Cl)ccc21. The number of rotatable bonds is 3. The summed E-state index contributed by atoms with van der Waals surface area (Å²) in [6.45, 7) is 4.44. The third kappa shape index (κ3) is 2.89. The van der Waals surface area contributed by atoms with E-state index >= 15 is 0 Å². The maximum absolute atomic E-state index is 13.4. The van der Waals surface area contributed by atoms with Crippen LogP contribution in [0.25, 0.3) is 10.9 Å². The first-order valence-corrected chi connectivity index (χ1v) is 10.7. The third-order valence-corrected chi connectivity index (χ3v) is 6.25. The van der Waals surface area contributed by atoms with Gasteiger partial charge in [-0.1, -0.05) is 48.0 Å². The first kappa shape index (κ1) is 20.2. The summed E-state index contributed by atoms with van der Waals surface area (Å²) >= 11 is 6.18. The lowest BCUT2D eigenvalue weighted by atomic mass is 9.83. The molecule has 3 aromatic carbocycles. The number of amides is 1. The number of hydrogen-bond acceptors (Lipinski definition) is 3. The Morgan fingerprint density at radius 3 is 2.34 bits per heavy atom. The van der Waals surface area contributed by atoms with Crippen LogP contribution in [0.5, 0.6) is 0 Å². The van der Waals surface area contributed by atoms with Gasteiger partial charge in [0.2, 0.25) is 0 Å². The van der Waals surface area contributed by atoms with E-state index in [4.69, 9.17) is 11.6 Å². The van der Waals surface area contributed by atoms with Gasteiger partial charge in [0.05, 0.1) is 11.3 Å². The van der Waals surface area contributed by atoms with Crippen molar-refractivity contribution < 1.29 is 14.4 Å². The molecule has 0 radical (unpaired) electrons. The van der Waals surface area contributed by atoms with Crippen molar-refractivity contribution in [2.75, 3.05) is 5.32 Å². The molecule has 0 bridgehead atoms. The van der Waals surface area contributed by atoms with Crippen LogP contribution in [-0.2, 0) is 6.54 Å². The van der Waals surface area contributed by atoms with Gasteiger partial charge in [-0.05, 0) is 43.7 Å². The van der Waals surface area contributed by atoms with Gasteiger partial charge >= 0.3 is 0 Å². The highest BCUT2D eigenvalue weighted by Gasteiger charge is 2.32. The Morgan fingerprint density at radius 2 is 1.62 bits per heavy atom. The maximum Gasteiger partial charge on any atom is 0.272 e. The molecular formula is C26H19ClN2O3. The zero-order valence-electron chi connectivity index (χ0n) is 17.5. The molecule has 0 spiro atoms. The summed E-state index contributed by atoms with van der Waals surface area (Å²) in [5, 5.41) is 4.39. The zero-order valence-corrected chi connectivity index (χ0v) is 18.3. The first-order chi connectivity index (χ1) is 15.4. The van der Waals surface area contributed by atoms with E-state index in [2.05, 4.69) is 5.32 Å². The molecule has 0 saturated heterocycles. The van der Waals surface area contributed by atoms with Crippen LogP contribution in [0.15, 0.2) is 60.7 Å². The number of fused-ring (bicyclic) bond motifs is 3. The van der Waals surface area contributed by atoms with E-state index in [0.717, 1.165) is 16.5 Å². The summed E-state index contributed by atoms with van der Waals surface area (Å²) in [6, 6.07) is 17.2. The number of carbonyl (C=O) groups excluding carboxylic acids is 3. The monoisotopic (exact) mass is 442 g/mol. The lowest BCUT2D eigenvalue weighted by molar-refractivity contribution is 0.0978. The molecule has 0 atom stereocenters. The fourth-order valence-electron chi connectivity index (χ4n) is 4.55. The molecule has 1 aliphatic carbocycles. The number of carbonyl (C=O) groups is 3. The van der Waals surface area contributed by atoms with Crippen LogP contribution in [0.3, 0.4) is 0 Å². The van der Waals surface area contributed by atoms with Crippen molar-refractivity contribution in [3.05, 3.63) is 99.2 Å².